The van der Waals surface area contributed by atoms with Crippen LogP contribution in [0.4, 0.5) is 5.69 Å². The maximum Gasteiger partial charge on any atom is 0.250 e. The predicted octanol–water partition coefficient (Wildman–Crippen LogP) is 3.20. The summed E-state index contributed by atoms with van der Waals surface area (Å²) in [5.74, 6) is -1.77. The molecule has 1 amide bonds. The van der Waals surface area contributed by atoms with E-state index < -0.39 is 17.6 Å². The van der Waals surface area contributed by atoms with Gasteiger partial charge in [0.05, 0.1) is 18.4 Å². The molecule has 0 fully saturated rings. The van der Waals surface area contributed by atoms with Crippen LogP contribution in [0.1, 0.15) is 30.2 Å². The Morgan fingerprint density at radius 2 is 2.00 bits per heavy atom. The molecule has 0 aliphatic carbocycles. The Kier molecular flexibility index (Phi) is 5.74. The Balaban J connectivity index is 2.17. The number of anilines is 1. The quantitative estimate of drug-likeness (QED) is 0.623. The molecule has 1 aromatic heterocycles. The number of aryl methyl sites for hydroxylation is 1. The number of nitriles is 1. The van der Waals surface area contributed by atoms with E-state index in [1.807, 2.05) is 13.8 Å². The standard InChI is InChI=1S/C18H18N2O4/c1-3-12-9-10-16(24-12)17(21)13(11-19)18(22)20-14-7-5-6-8-15(14)23-4-2/h5-10,13H,3-4H2,1-2H3,(H,20,22). The van der Waals surface area contributed by atoms with Crippen molar-refractivity contribution >= 4 is 17.4 Å². The summed E-state index contributed by atoms with van der Waals surface area (Å²) in [7, 11) is 0. The van der Waals surface area contributed by atoms with Gasteiger partial charge < -0.3 is 14.5 Å². The van der Waals surface area contributed by atoms with E-state index in [0.717, 1.165) is 0 Å². The van der Waals surface area contributed by atoms with Gasteiger partial charge in [0.1, 0.15) is 11.5 Å². The van der Waals surface area contributed by atoms with Crippen molar-refractivity contribution in [3.63, 3.8) is 0 Å². The van der Waals surface area contributed by atoms with Crippen LogP contribution in [0.5, 0.6) is 5.75 Å². The highest BCUT2D eigenvalue weighted by Crippen LogP contribution is 2.24. The Bertz CT molecular complexity index is 773. The second kappa shape index (κ2) is 7.97. The lowest BCUT2D eigenvalue weighted by atomic mass is 10.0. The maximum atomic E-state index is 12.3. The van der Waals surface area contributed by atoms with Crippen LogP contribution in [0.15, 0.2) is 40.8 Å². The first-order valence-corrected chi connectivity index (χ1v) is 7.65. The van der Waals surface area contributed by atoms with Gasteiger partial charge in [-0.05, 0) is 31.2 Å². The molecule has 0 saturated carbocycles. The largest absolute Gasteiger partial charge is 0.492 e. The number of ketones is 1. The van der Waals surface area contributed by atoms with Crippen molar-refractivity contribution in [2.75, 3.05) is 11.9 Å². The van der Waals surface area contributed by atoms with Crippen molar-refractivity contribution < 1.29 is 18.7 Å². The third-order valence-electron chi connectivity index (χ3n) is 3.35. The number of ether oxygens (including phenoxy) is 1. The Hall–Kier alpha value is -3.07. The first kappa shape index (κ1) is 17.3. The zero-order valence-electron chi connectivity index (χ0n) is 13.5. The van der Waals surface area contributed by atoms with Gasteiger partial charge in [-0.3, -0.25) is 9.59 Å². The van der Waals surface area contributed by atoms with Crippen LogP contribution in [-0.4, -0.2) is 18.3 Å². The van der Waals surface area contributed by atoms with Gasteiger partial charge in [0, 0.05) is 6.42 Å². The summed E-state index contributed by atoms with van der Waals surface area (Å²) < 4.78 is 10.7. The summed E-state index contributed by atoms with van der Waals surface area (Å²) >= 11 is 0. The summed E-state index contributed by atoms with van der Waals surface area (Å²) in [4.78, 5) is 24.7. The summed E-state index contributed by atoms with van der Waals surface area (Å²) in [6.07, 6.45) is 0.623. The number of para-hydroxylation sites is 2. The molecule has 2 rings (SSSR count). The van der Waals surface area contributed by atoms with E-state index in [-0.39, 0.29) is 5.76 Å². The number of amides is 1. The number of carbonyl (C=O) groups excluding carboxylic acids is 2. The predicted molar refractivity (Wildman–Crippen MR) is 87.8 cm³/mol. The van der Waals surface area contributed by atoms with Crippen LogP contribution in [0, 0.1) is 17.2 Å². The summed E-state index contributed by atoms with van der Waals surface area (Å²) in [5, 5.41) is 11.8. The molecule has 1 aromatic carbocycles. The molecule has 0 spiro atoms. The van der Waals surface area contributed by atoms with Crippen LogP contribution in [0.3, 0.4) is 0 Å². The smallest absolute Gasteiger partial charge is 0.250 e. The molecule has 0 saturated heterocycles. The molecule has 0 radical (unpaired) electrons. The highest BCUT2D eigenvalue weighted by atomic mass is 16.5. The molecule has 0 bridgehead atoms. The van der Waals surface area contributed by atoms with Crippen molar-refractivity contribution in [1.82, 2.24) is 0 Å². The molecule has 24 heavy (non-hydrogen) atoms. The fourth-order valence-corrected chi connectivity index (χ4v) is 2.14. The first-order chi connectivity index (χ1) is 11.6. The molecule has 1 heterocycles. The van der Waals surface area contributed by atoms with Gasteiger partial charge in [0.15, 0.2) is 11.7 Å². The molecular formula is C18H18N2O4. The van der Waals surface area contributed by atoms with Gasteiger partial charge in [-0.2, -0.15) is 5.26 Å². The van der Waals surface area contributed by atoms with Crippen LogP contribution < -0.4 is 10.1 Å². The fourth-order valence-electron chi connectivity index (χ4n) is 2.14. The van der Waals surface area contributed by atoms with Gasteiger partial charge in [-0.1, -0.05) is 19.1 Å². The number of Topliss-reactive ketones (excluding diaryl/α,β-unsaturated/α-hetero) is 1. The van der Waals surface area contributed by atoms with Crippen LogP contribution in [0.25, 0.3) is 0 Å². The van der Waals surface area contributed by atoms with Crippen molar-refractivity contribution in [1.29, 1.82) is 5.26 Å². The van der Waals surface area contributed by atoms with E-state index in [1.165, 1.54) is 6.07 Å². The number of nitrogens with one attached hydrogen (secondary N) is 1. The topological polar surface area (TPSA) is 92.3 Å². The van der Waals surface area contributed by atoms with Crippen molar-refractivity contribution in [2.45, 2.75) is 20.3 Å². The van der Waals surface area contributed by atoms with Crippen LogP contribution >= 0.6 is 0 Å². The van der Waals surface area contributed by atoms with Gasteiger partial charge in [-0.25, -0.2) is 0 Å². The Labute approximate surface area is 140 Å². The van der Waals surface area contributed by atoms with Crippen molar-refractivity contribution in [3.05, 3.63) is 47.9 Å². The SMILES string of the molecule is CCOc1ccccc1NC(=O)C(C#N)C(=O)c1ccc(CC)o1. The van der Waals surface area contributed by atoms with Crippen molar-refractivity contribution in [2.24, 2.45) is 5.92 Å². The number of furan rings is 1. The van der Waals surface area contributed by atoms with E-state index in [0.29, 0.717) is 30.2 Å². The molecule has 0 aliphatic heterocycles. The van der Waals surface area contributed by atoms with Gasteiger partial charge in [-0.15, -0.1) is 0 Å². The second-order valence-electron chi connectivity index (χ2n) is 4.96. The average molecular weight is 326 g/mol. The Morgan fingerprint density at radius 1 is 1.25 bits per heavy atom. The number of nitrogens with zero attached hydrogens (tertiary/aromatic N) is 1. The third-order valence-corrected chi connectivity index (χ3v) is 3.35. The number of benzene rings is 1. The highest BCUT2D eigenvalue weighted by Gasteiger charge is 2.30. The van der Waals surface area contributed by atoms with E-state index >= 15 is 0 Å². The minimum atomic E-state index is -1.49. The van der Waals surface area contributed by atoms with Gasteiger partial charge in [0.25, 0.3) is 0 Å². The minimum absolute atomic E-state index is 0.00615. The lowest BCUT2D eigenvalue weighted by molar-refractivity contribution is -0.117. The van der Waals surface area contributed by atoms with E-state index in [9.17, 15) is 14.9 Å². The molecule has 1 unspecified atom stereocenters. The van der Waals surface area contributed by atoms with Gasteiger partial charge in [0.2, 0.25) is 11.7 Å². The zero-order chi connectivity index (χ0) is 17.5. The second-order valence-corrected chi connectivity index (χ2v) is 4.96. The summed E-state index contributed by atoms with van der Waals surface area (Å²) in [5.41, 5.74) is 0.408. The minimum Gasteiger partial charge on any atom is -0.492 e. The lowest BCUT2D eigenvalue weighted by Crippen LogP contribution is -2.28. The number of carbonyl (C=O) groups is 2. The van der Waals surface area contributed by atoms with E-state index in [1.54, 1.807) is 36.4 Å². The zero-order valence-corrected chi connectivity index (χ0v) is 13.5. The Morgan fingerprint density at radius 3 is 2.62 bits per heavy atom. The van der Waals surface area contributed by atoms with E-state index in [4.69, 9.17) is 9.15 Å². The number of hydrogen-bond donors (Lipinski definition) is 1. The van der Waals surface area contributed by atoms with E-state index in [2.05, 4.69) is 5.32 Å². The summed E-state index contributed by atoms with van der Waals surface area (Å²) in [6.45, 7) is 4.13. The molecule has 124 valence electrons. The number of hydrogen-bond acceptors (Lipinski definition) is 5. The van der Waals surface area contributed by atoms with Gasteiger partial charge >= 0.3 is 0 Å². The monoisotopic (exact) mass is 326 g/mol. The van der Waals surface area contributed by atoms with Crippen LogP contribution in [-0.2, 0) is 11.2 Å². The lowest BCUT2D eigenvalue weighted by Gasteiger charge is -2.12. The molecule has 2 aromatic rings. The first-order valence-electron chi connectivity index (χ1n) is 7.65. The normalized spacial score (nSPS) is 11.4. The highest BCUT2D eigenvalue weighted by molar-refractivity contribution is 6.14. The maximum absolute atomic E-state index is 12.3. The molecular weight excluding hydrogens is 308 g/mol. The van der Waals surface area contributed by atoms with Crippen LogP contribution in [0.2, 0.25) is 0 Å². The number of rotatable bonds is 7. The molecule has 1 atom stereocenters. The molecule has 0 aliphatic rings. The summed E-state index contributed by atoms with van der Waals surface area (Å²) in [6, 6.07) is 11.7. The molecule has 1 N–H and O–H groups in total. The third kappa shape index (κ3) is 3.82. The average Bonchev–Trinajstić information content (AvgIpc) is 3.06. The molecule has 6 heteroatoms. The fraction of sp³-hybridized carbons (Fsp3) is 0.278. The van der Waals surface area contributed by atoms with Crippen molar-refractivity contribution in [3.8, 4) is 11.8 Å². The molecule has 6 nitrogen and oxygen atoms in total.